The molecule has 4 heteroatoms. The molecular formula is C14H12N4. The van der Waals surface area contributed by atoms with Gasteiger partial charge in [-0.15, -0.1) is 0 Å². The summed E-state index contributed by atoms with van der Waals surface area (Å²) in [6, 6.07) is 19.0. The first-order valence-corrected chi connectivity index (χ1v) is 5.59. The summed E-state index contributed by atoms with van der Waals surface area (Å²) in [6.45, 7) is 0.465. The summed E-state index contributed by atoms with van der Waals surface area (Å²) in [5.41, 5.74) is 10.7. The first-order valence-electron chi connectivity index (χ1n) is 5.59. The van der Waals surface area contributed by atoms with Gasteiger partial charge in [0, 0.05) is 0 Å². The van der Waals surface area contributed by atoms with Gasteiger partial charge in [0.15, 0.2) is 0 Å². The quantitative estimate of drug-likeness (QED) is 0.340. The lowest BCUT2D eigenvalue weighted by Crippen LogP contribution is -1.97. The van der Waals surface area contributed by atoms with Crippen molar-refractivity contribution in [2.45, 2.75) is 6.54 Å². The minimum absolute atomic E-state index is 0.214. The molecule has 2 aromatic rings. The fourth-order valence-corrected chi connectivity index (χ4v) is 1.49. The maximum atomic E-state index is 8.91. The van der Waals surface area contributed by atoms with Crippen molar-refractivity contribution in [2.24, 2.45) is 10.2 Å². The van der Waals surface area contributed by atoms with Gasteiger partial charge in [0.1, 0.15) is 6.54 Å². The molecule has 88 valence electrons. The minimum Gasteiger partial charge on any atom is -0.497 e. The second-order valence-electron chi connectivity index (χ2n) is 3.67. The molecule has 0 aliphatic heterocycles. The molecule has 0 radical (unpaired) electrons. The van der Waals surface area contributed by atoms with Crippen molar-refractivity contribution in [3.8, 4) is 0 Å². The molecule has 18 heavy (non-hydrogen) atoms. The van der Waals surface area contributed by atoms with Crippen LogP contribution in [-0.4, -0.2) is 10.6 Å². The Morgan fingerprint density at radius 3 is 2.17 bits per heavy atom. The Bertz CT molecular complexity index is 569. The molecule has 2 rings (SSSR count). The summed E-state index contributed by atoms with van der Waals surface area (Å²) in [7, 11) is 0. The third-order valence-corrected chi connectivity index (χ3v) is 2.39. The van der Waals surface area contributed by atoms with Gasteiger partial charge < -0.3 is 10.3 Å². The summed E-state index contributed by atoms with van der Waals surface area (Å²) in [5, 5.41) is 7.96. The van der Waals surface area contributed by atoms with Crippen LogP contribution >= 0.6 is 0 Å². The number of amidine groups is 1. The molecule has 0 saturated heterocycles. The molecule has 0 spiro atoms. The van der Waals surface area contributed by atoms with E-state index < -0.39 is 0 Å². The maximum Gasteiger partial charge on any atom is 0.433 e. The normalized spacial score (nSPS) is 10.2. The van der Waals surface area contributed by atoms with Crippen LogP contribution in [0.5, 0.6) is 0 Å². The lowest BCUT2D eigenvalue weighted by molar-refractivity contribution is -0.00613. The van der Waals surface area contributed by atoms with Crippen LogP contribution in [-0.2, 0) is 6.54 Å². The smallest absolute Gasteiger partial charge is 0.433 e. The highest BCUT2D eigenvalue weighted by Gasteiger charge is 2.10. The van der Waals surface area contributed by atoms with Gasteiger partial charge in [0.25, 0.3) is 0 Å². The molecule has 0 aliphatic carbocycles. The molecule has 4 nitrogen and oxygen atoms in total. The van der Waals surface area contributed by atoms with E-state index in [4.69, 9.17) is 5.53 Å². The van der Waals surface area contributed by atoms with Gasteiger partial charge >= 0.3 is 5.84 Å². The molecule has 0 saturated carbocycles. The predicted molar refractivity (Wildman–Crippen MR) is 69.2 cm³/mol. The largest absolute Gasteiger partial charge is 0.497 e. The van der Waals surface area contributed by atoms with Gasteiger partial charge in [0.05, 0.1) is 10.7 Å². The Kier molecular flexibility index (Phi) is 4.11. The molecule has 0 fully saturated rings. The van der Waals surface area contributed by atoms with Gasteiger partial charge in [-0.05, 0) is 17.7 Å². The standard InChI is InChI=1S/C14H12N4/c15-17-14(13-9-5-2-6-10-13)18-16-11-12-7-3-1-4-8-12/h1-10H,11H2. The third-order valence-electron chi connectivity index (χ3n) is 2.39. The fourth-order valence-electron chi connectivity index (χ4n) is 1.49. The van der Waals surface area contributed by atoms with E-state index in [1.165, 1.54) is 0 Å². The highest BCUT2D eigenvalue weighted by molar-refractivity contribution is 5.94. The summed E-state index contributed by atoms with van der Waals surface area (Å²) >= 11 is 0. The molecule has 0 unspecified atom stereocenters. The number of hydrogen-bond acceptors (Lipinski definition) is 1. The first kappa shape index (κ1) is 11.9. The number of nitrogens with zero attached hydrogens (tertiary/aromatic N) is 4. The topological polar surface area (TPSA) is 61.1 Å². The van der Waals surface area contributed by atoms with Crippen LogP contribution in [0.15, 0.2) is 70.9 Å². The first-order chi connectivity index (χ1) is 8.90. The molecule has 2 aromatic carbocycles. The van der Waals surface area contributed by atoms with Crippen molar-refractivity contribution < 1.29 is 4.79 Å². The Morgan fingerprint density at radius 2 is 1.56 bits per heavy atom. The molecule has 0 bridgehead atoms. The van der Waals surface area contributed by atoms with Gasteiger partial charge in [0.2, 0.25) is 0 Å². The highest BCUT2D eigenvalue weighted by atomic mass is 15.1. The van der Waals surface area contributed by atoms with E-state index in [-0.39, 0.29) is 5.84 Å². The average Bonchev–Trinajstić information content (AvgIpc) is 2.46. The van der Waals surface area contributed by atoms with E-state index in [2.05, 4.69) is 15.0 Å². The van der Waals surface area contributed by atoms with Crippen molar-refractivity contribution in [3.05, 3.63) is 77.3 Å². The van der Waals surface area contributed by atoms with Crippen LogP contribution in [0, 0.1) is 0 Å². The van der Waals surface area contributed by atoms with E-state index in [9.17, 15) is 0 Å². The Hall–Kier alpha value is -2.58. The Balaban J connectivity index is 2.07. The summed E-state index contributed by atoms with van der Waals surface area (Å²) in [4.78, 5) is 3.15. The average molecular weight is 236 g/mol. The third kappa shape index (κ3) is 3.20. The molecule has 0 aromatic heterocycles. The van der Waals surface area contributed by atoms with Crippen LogP contribution in [0.3, 0.4) is 0 Å². The molecule has 0 amide bonds. The highest BCUT2D eigenvalue weighted by Crippen LogP contribution is 2.03. The zero-order valence-corrected chi connectivity index (χ0v) is 9.77. The maximum absolute atomic E-state index is 8.91. The van der Waals surface area contributed by atoms with Crippen molar-refractivity contribution in [1.29, 1.82) is 0 Å². The summed E-state index contributed by atoms with van der Waals surface area (Å²) < 4.78 is 0. The fraction of sp³-hybridized carbons (Fsp3) is 0.0714. The van der Waals surface area contributed by atoms with E-state index in [0.717, 1.165) is 11.1 Å². The minimum atomic E-state index is 0.214. The number of azo groups is 1. The zero-order valence-electron chi connectivity index (χ0n) is 9.77. The predicted octanol–water partition coefficient (Wildman–Crippen LogP) is 3.32. The van der Waals surface area contributed by atoms with E-state index in [1.54, 1.807) is 0 Å². The van der Waals surface area contributed by atoms with Crippen molar-refractivity contribution in [3.63, 3.8) is 0 Å². The van der Waals surface area contributed by atoms with Crippen LogP contribution in [0.25, 0.3) is 5.53 Å². The van der Waals surface area contributed by atoms with Crippen LogP contribution in [0.1, 0.15) is 11.1 Å². The van der Waals surface area contributed by atoms with E-state index in [0.29, 0.717) is 6.54 Å². The number of hydrogen-bond donors (Lipinski definition) is 0. The summed E-state index contributed by atoms with van der Waals surface area (Å²) in [5.74, 6) is 0.214. The lowest BCUT2D eigenvalue weighted by Gasteiger charge is -1.91. The van der Waals surface area contributed by atoms with Crippen LogP contribution < -0.4 is 0 Å². The van der Waals surface area contributed by atoms with E-state index in [1.807, 2.05) is 60.7 Å². The van der Waals surface area contributed by atoms with Crippen molar-refractivity contribution >= 4 is 5.84 Å². The molecule has 0 atom stereocenters. The second-order valence-corrected chi connectivity index (χ2v) is 3.67. The van der Waals surface area contributed by atoms with Crippen LogP contribution in [0.4, 0.5) is 0 Å². The van der Waals surface area contributed by atoms with E-state index >= 15 is 0 Å². The molecule has 0 N–H and O–H groups in total. The van der Waals surface area contributed by atoms with Gasteiger partial charge in [-0.25, -0.2) is 0 Å². The SMILES string of the molecule is [N-]=[N+]=C(N=NCc1ccccc1)c1ccccc1. The van der Waals surface area contributed by atoms with Crippen molar-refractivity contribution in [2.75, 3.05) is 0 Å². The summed E-state index contributed by atoms with van der Waals surface area (Å²) in [6.07, 6.45) is 0. The lowest BCUT2D eigenvalue weighted by atomic mass is 10.2. The molecule has 0 heterocycles. The van der Waals surface area contributed by atoms with Crippen LogP contribution in [0.2, 0.25) is 0 Å². The van der Waals surface area contributed by atoms with Gasteiger partial charge in [-0.1, -0.05) is 53.6 Å². The zero-order chi connectivity index (χ0) is 12.6. The Morgan fingerprint density at radius 1 is 0.944 bits per heavy atom. The number of benzene rings is 2. The monoisotopic (exact) mass is 236 g/mol. The molecule has 0 aliphatic rings. The Labute approximate surface area is 105 Å². The van der Waals surface area contributed by atoms with Gasteiger partial charge in [-0.3, -0.25) is 0 Å². The molecular weight excluding hydrogens is 224 g/mol. The van der Waals surface area contributed by atoms with Gasteiger partial charge in [-0.2, -0.15) is 0 Å². The second kappa shape index (κ2) is 6.23. The number of rotatable bonds is 3. The van der Waals surface area contributed by atoms with Crippen molar-refractivity contribution in [1.82, 2.24) is 0 Å².